The van der Waals surface area contributed by atoms with Crippen molar-refractivity contribution in [1.82, 2.24) is 25.1 Å². The molecule has 2 heterocycles. The Hall–Kier alpha value is -4.41. The second-order valence-electron chi connectivity index (χ2n) is 11.2. The minimum atomic E-state index is -0.402. The highest BCUT2D eigenvalue weighted by Gasteiger charge is 2.36. The van der Waals surface area contributed by atoms with Crippen LogP contribution in [0.5, 0.6) is 0 Å². The van der Waals surface area contributed by atoms with Crippen LogP contribution >= 0.6 is 0 Å². The van der Waals surface area contributed by atoms with Crippen LogP contribution in [0.3, 0.4) is 0 Å². The van der Waals surface area contributed by atoms with Crippen molar-refractivity contribution in [3.8, 4) is 17.9 Å². The van der Waals surface area contributed by atoms with E-state index in [0.29, 0.717) is 42.9 Å². The molecule has 0 spiro atoms. The summed E-state index contributed by atoms with van der Waals surface area (Å²) in [6.07, 6.45) is 10.5. The summed E-state index contributed by atoms with van der Waals surface area (Å²) in [6.45, 7) is 1.30. The molecule has 1 aromatic carbocycles. The number of nitrogens with zero attached hydrogens (tertiary/aromatic N) is 5. The molecule has 0 radical (unpaired) electrons. The summed E-state index contributed by atoms with van der Waals surface area (Å²) in [5.74, 6) is 7.77. The molecule has 2 aliphatic carbocycles. The molecular formula is C31H36N8O2. The fraction of sp³-hybridized carbons (Fsp3) is 0.452. The fourth-order valence-corrected chi connectivity index (χ4v) is 4.92. The van der Waals surface area contributed by atoms with E-state index in [-0.39, 0.29) is 23.8 Å². The van der Waals surface area contributed by atoms with Gasteiger partial charge in [-0.05, 0) is 76.9 Å². The van der Waals surface area contributed by atoms with E-state index in [0.717, 1.165) is 43.4 Å². The number of likely N-dealkylation sites (N-methyl/N-ethyl adjacent to an activating group) is 1. The average molecular weight is 553 g/mol. The number of aromatic nitrogens is 2. The molecule has 5 rings (SSSR count). The van der Waals surface area contributed by atoms with Crippen molar-refractivity contribution in [2.75, 3.05) is 37.8 Å². The highest BCUT2D eigenvalue weighted by atomic mass is 16.2. The van der Waals surface area contributed by atoms with E-state index in [4.69, 9.17) is 5.26 Å². The van der Waals surface area contributed by atoms with Crippen molar-refractivity contribution in [3.63, 3.8) is 0 Å². The Balaban J connectivity index is 1.15. The summed E-state index contributed by atoms with van der Waals surface area (Å²) in [5.41, 5.74) is 2.14. The summed E-state index contributed by atoms with van der Waals surface area (Å²) in [7, 11) is 3.89. The first-order valence-electron chi connectivity index (χ1n) is 14.2. The molecule has 10 nitrogen and oxygen atoms in total. The van der Waals surface area contributed by atoms with E-state index in [2.05, 4.69) is 43.8 Å². The largest absolute Gasteiger partial charge is 0.366 e. The van der Waals surface area contributed by atoms with Crippen LogP contribution in [0.1, 0.15) is 49.7 Å². The number of amides is 2. The van der Waals surface area contributed by atoms with E-state index in [1.807, 2.05) is 37.2 Å². The Morgan fingerprint density at radius 3 is 2.63 bits per heavy atom. The Morgan fingerprint density at radius 1 is 1.15 bits per heavy atom. The van der Waals surface area contributed by atoms with E-state index in [1.165, 1.54) is 0 Å². The summed E-state index contributed by atoms with van der Waals surface area (Å²) < 4.78 is 0. The summed E-state index contributed by atoms with van der Waals surface area (Å²) in [6, 6.07) is 9.32. The normalized spacial score (nSPS) is 21.5. The number of hydrogen-bond acceptors (Lipinski definition) is 8. The number of nitrogens with one attached hydrogen (secondary N) is 3. The molecule has 1 aliphatic heterocycles. The van der Waals surface area contributed by atoms with Crippen molar-refractivity contribution in [1.29, 1.82) is 5.26 Å². The van der Waals surface area contributed by atoms with Crippen molar-refractivity contribution in [2.45, 2.75) is 56.7 Å². The van der Waals surface area contributed by atoms with E-state index < -0.39 is 6.04 Å². The monoisotopic (exact) mass is 552 g/mol. The first-order valence-corrected chi connectivity index (χ1v) is 14.2. The minimum absolute atomic E-state index is 0.0667. The van der Waals surface area contributed by atoms with Gasteiger partial charge in [0.2, 0.25) is 17.8 Å². The van der Waals surface area contributed by atoms with E-state index in [9.17, 15) is 9.59 Å². The van der Waals surface area contributed by atoms with Crippen LogP contribution in [0.15, 0.2) is 42.6 Å². The van der Waals surface area contributed by atoms with Crippen LogP contribution in [0.25, 0.3) is 0 Å². The van der Waals surface area contributed by atoms with E-state index in [1.54, 1.807) is 29.3 Å². The molecule has 212 valence electrons. The number of nitriles is 1. The molecular weight excluding hydrogens is 516 g/mol. The molecule has 3 fully saturated rings. The number of benzene rings is 1. The first kappa shape index (κ1) is 28.1. The third kappa shape index (κ3) is 7.62. The Morgan fingerprint density at radius 2 is 1.93 bits per heavy atom. The Labute approximate surface area is 241 Å². The van der Waals surface area contributed by atoms with Gasteiger partial charge in [-0.3, -0.25) is 9.59 Å². The lowest BCUT2D eigenvalue weighted by Crippen LogP contribution is -2.51. The van der Waals surface area contributed by atoms with Crippen LogP contribution in [0.4, 0.5) is 17.5 Å². The van der Waals surface area contributed by atoms with Crippen LogP contribution in [-0.2, 0) is 9.59 Å². The van der Waals surface area contributed by atoms with Gasteiger partial charge in [0.1, 0.15) is 11.9 Å². The van der Waals surface area contributed by atoms with Gasteiger partial charge in [-0.1, -0.05) is 17.9 Å². The van der Waals surface area contributed by atoms with Gasteiger partial charge in [0.05, 0.1) is 23.4 Å². The number of rotatable bonds is 9. The maximum absolute atomic E-state index is 13.0. The van der Waals surface area contributed by atoms with Crippen LogP contribution in [0, 0.1) is 29.1 Å². The van der Waals surface area contributed by atoms with Gasteiger partial charge in [-0.25, -0.2) is 4.98 Å². The maximum atomic E-state index is 13.0. The molecule has 1 aromatic heterocycles. The second kappa shape index (κ2) is 12.8. The highest BCUT2D eigenvalue weighted by Crippen LogP contribution is 2.29. The molecule has 1 saturated heterocycles. The Bertz CT molecular complexity index is 1390. The standard InChI is InChI=1S/C31H36N8O2/c1-38(2)15-4-6-28(40)39-16-3-5-27(39)30(41)35-26-17-22(18-26)7-10-23-20-33-31(37-29(23)34-24-13-14-24)36-25-11-8-21(19-32)9-12-25/h4,6,8-9,11-12,20,22,24,26-27H,3,5,13-18H2,1-2H3,(H,35,41)(H2,33,34,36,37)/b6-4+/t22?,26?,27-/m0/s1. The number of anilines is 3. The number of hydrogen-bond donors (Lipinski definition) is 3. The quantitative estimate of drug-likeness (QED) is 0.320. The number of likely N-dealkylation sites (tertiary alicyclic amines) is 1. The SMILES string of the molecule is CN(C)C/C=C/C(=O)N1CCC[C@H]1C(=O)NC1CC(C#Cc2cnc(Nc3ccc(C#N)cc3)nc2NC2CC2)C1. The number of carbonyl (C=O) groups is 2. The lowest BCUT2D eigenvalue weighted by molar-refractivity contribution is -0.135. The molecule has 2 saturated carbocycles. The van der Waals surface area contributed by atoms with Gasteiger partial charge in [0.25, 0.3) is 0 Å². The molecule has 0 bridgehead atoms. The van der Waals surface area contributed by atoms with E-state index >= 15 is 0 Å². The van der Waals surface area contributed by atoms with Gasteiger partial charge < -0.3 is 25.8 Å². The van der Waals surface area contributed by atoms with Gasteiger partial charge in [-0.15, -0.1) is 0 Å². The third-order valence-electron chi connectivity index (χ3n) is 7.44. The molecule has 0 unspecified atom stereocenters. The van der Waals surface area contributed by atoms with Crippen LogP contribution in [-0.4, -0.2) is 76.9 Å². The van der Waals surface area contributed by atoms with Crippen LogP contribution in [0.2, 0.25) is 0 Å². The first-order chi connectivity index (χ1) is 19.9. The molecule has 2 aromatic rings. The Kier molecular flexibility index (Phi) is 8.81. The minimum Gasteiger partial charge on any atom is -0.366 e. The van der Waals surface area contributed by atoms with Crippen molar-refractivity contribution in [2.24, 2.45) is 5.92 Å². The van der Waals surface area contributed by atoms with Crippen molar-refractivity contribution >= 4 is 29.3 Å². The average Bonchev–Trinajstić information content (AvgIpc) is 3.61. The van der Waals surface area contributed by atoms with Gasteiger partial charge in [-0.2, -0.15) is 10.2 Å². The fourth-order valence-electron chi connectivity index (χ4n) is 4.92. The summed E-state index contributed by atoms with van der Waals surface area (Å²) in [4.78, 5) is 38.3. The second-order valence-corrected chi connectivity index (χ2v) is 11.2. The predicted molar refractivity (Wildman–Crippen MR) is 157 cm³/mol. The van der Waals surface area contributed by atoms with Crippen molar-refractivity contribution < 1.29 is 9.59 Å². The zero-order valence-electron chi connectivity index (χ0n) is 23.6. The summed E-state index contributed by atoms with van der Waals surface area (Å²) in [5, 5.41) is 18.8. The number of carbonyl (C=O) groups excluding carboxylic acids is 2. The maximum Gasteiger partial charge on any atom is 0.246 e. The van der Waals surface area contributed by atoms with Gasteiger partial charge in [0, 0.05) is 42.9 Å². The highest BCUT2D eigenvalue weighted by molar-refractivity contribution is 5.93. The molecule has 10 heteroatoms. The van der Waals surface area contributed by atoms with Gasteiger partial charge >= 0.3 is 0 Å². The molecule has 3 aliphatic rings. The molecule has 1 atom stereocenters. The molecule has 41 heavy (non-hydrogen) atoms. The van der Waals surface area contributed by atoms with Crippen molar-refractivity contribution in [3.05, 3.63) is 53.7 Å². The lowest BCUT2D eigenvalue weighted by atomic mass is 9.80. The third-order valence-corrected chi connectivity index (χ3v) is 7.44. The zero-order valence-corrected chi connectivity index (χ0v) is 23.6. The topological polar surface area (TPSA) is 126 Å². The molecule has 3 N–H and O–H groups in total. The summed E-state index contributed by atoms with van der Waals surface area (Å²) >= 11 is 0. The molecule has 2 amide bonds. The lowest BCUT2D eigenvalue weighted by Gasteiger charge is -2.34. The zero-order chi connectivity index (χ0) is 28.8. The van der Waals surface area contributed by atoms with Crippen LogP contribution < -0.4 is 16.0 Å². The predicted octanol–water partition coefficient (Wildman–Crippen LogP) is 3.02. The van der Waals surface area contributed by atoms with Gasteiger partial charge in [0.15, 0.2) is 0 Å². The smallest absolute Gasteiger partial charge is 0.246 e.